The summed E-state index contributed by atoms with van der Waals surface area (Å²) in [4.78, 5) is 0. The minimum Gasteiger partial charge on any atom is -0.315 e. The van der Waals surface area contributed by atoms with E-state index in [0.29, 0.717) is 18.9 Å². The molecule has 19 heavy (non-hydrogen) atoms. The number of rotatable bonds is 4. The van der Waals surface area contributed by atoms with Gasteiger partial charge in [-0.15, -0.1) is 0 Å². The first kappa shape index (κ1) is 14.3. The summed E-state index contributed by atoms with van der Waals surface area (Å²) < 4.78 is 27.6. The maximum atomic E-state index is 12.4. The van der Waals surface area contributed by atoms with Crippen molar-refractivity contribution in [2.45, 2.75) is 38.4 Å². The van der Waals surface area contributed by atoms with Crippen molar-refractivity contribution in [3.8, 4) is 0 Å². The Hall–Kier alpha value is -1.07. The smallest absolute Gasteiger partial charge is 0.236 e. The number of hydrogen-bond acceptors (Lipinski definition) is 3. The lowest BCUT2D eigenvalue weighted by atomic mass is 9.99. The molecule has 0 spiro atoms. The molecule has 2 rings (SSSR count). The number of hydrogen-bond donors (Lipinski definition) is 2. The maximum absolute atomic E-state index is 12.4. The van der Waals surface area contributed by atoms with E-state index in [0.717, 1.165) is 23.4 Å². The predicted octanol–water partition coefficient (Wildman–Crippen LogP) is 2.22. The zero-order valence-electron chi connectivity index (χ0n) is 11.7. The highest BCUT2D eigenvalue weighted by molar-refractivity contribution is 7.93. The Morgan fingerprint density at radius 2 is 2.11 bits per heavy atom. The summed E-state index contributed by atoms with van der Waals surface area (Å²) in [5, 5.41) is 2.77. The van der Waals surface area contributed by atoms with Gasteiger partial charge in [-0.1, -0.05) is 32.0 Å². The fourth-order valence-corrected chi connectivity index (χ4v) is 3.93. The standard InChI is InChI=1S/C14H22N2O2S/c1-10(2)13-6-4-5-11(3)14(13)16-19(17,18)12-7-8-15-9-12/h4-6,10,12,15-16H,7-9H2,1-3H3. The summed E-state index contributed by atoms with van der Waals surface area (Å²) in [6.45, 7) is 7.40. The van der Waals surface area contributed by atoms with Gasteiger partial charge >= 0.3 is 0 Å². The van der Waals surface area contributed by atoms with E-state index in [1.54, 1.807) is 0 Å². The molecule has 2 N–H and O–H groups in total. The predicted molar refractivity (Wildman–Crippen MR) is 79.1 cm³/mol. The molecule has 0 aromatic heterocycles. The van der Waals surface area contributed by atoms with Crippen molar-refractivity contribution in [3.05, 3.63) is 29.3 Å². The van der Waals surface area contributed by atoms with Gasteiger partial charge in [0.1, 0.15) is 0 Å². The molecule has 0 amide bonds. The van der Waals surface area contributed by atoms with E-state index in [1.807, 2.05) is 25.1 Å². The zero-order chi connectivity index (χ0) is 14.0. The SMILES string of the molecule is Cc1cccc(C(C)C)c1NS(=O)(=O)C1CCNC1. The van der Waals surface area contributed by atoms with Crippen LogP contribution in [0.15, 0.2) is 18.2 Å². The van der Waals surface area contributed by atoms with Crippen LogP contribution < -0.4 is 10.0 Å². The van der Waals surface area contributed by atoms with Crippen LogP contribution in [0.1, 0.15) is 37.3 Å². The number of anilines is 1. The van der Waals surface area contributed by atoms with E-state index in [4.69, 9.17) is 0 Å². The third kappa shape index (κ3) is 3.09. The minimum absolute atomic E-state index is 0.291. The van der Waals surface area contributed by atoms with Gasteiger partial charge in [-0.05, 0) is 36.9 Å². The van der Waals surface area contributed by atoms with Crippen LogP contribution in [-0.2, 0) is 10.0 Å². The highest BCUT2D eigenvalue weighted by atomic mass is 32.2. The third-order valence-electron chi connectivity index (χ3n) is 3.63. The molecule has 0 bridgehead atoms. The molecule has 4 nitrogen and oxygen atoms in total. The van der Waals surface area contributed by atoms with E-state index in [9.17, 15) is 8.42 Å². The van der Waals surface area contributed by atoms with Crippen molar-refractivity contribution in [1.82, 2.24) is 5.32 Å². The first-order chi connectivity index (χ1) is 8.92. The average molecular weight is 282 g/mol. The van der Waals surface area contributed by atoms with E-state index in [1.165, 1.54) is 0 Å². The molecular weight excluding hydrogens is 260 g/mol. The molecule has 1 aromatic carbocycles. The third-order valence-corrected chi connectivity index (χ3v) is 5.39. The van der Waals surface area contributed by atoms with Crippen LogP contribution in [0.5, 0.6) is 0 Å². The molecule has 0 aliphatic carbocycles. The fourth-order valence-electron chi connectivity index (χ4n) is 2.43. The Labute approximate surface area is 115 Å². The van der Waals surface area contributed by atoms with Crippen LogP contribution in [0.2, 0.25) is 0 Å². The maximum Gasteiger partial charge on any atom is 0.236 e. The zero-order valence-corrected chi connectivity index (χ0v) is 12.5. The van der Waals surface area contributed by atoms with Gasteiger partial charge < -0.3 is 5.32 Å². The van der Waals surface area contributed by atoms with E-state index >= 15 is 0 Å². The number of sulfonamides is 1. The van der Waals surface area contributed by atoms with Gasteiger partial charge in [0.15, 0.2) is 0 Å². The van der Waals surface area contributed by atoms with Crippen molar-refractivity contribution < 1.29 is 8.42 Å². The fraction of sp³-hybridized carbons (Fsp3) is 0.571. The Morgan fingerprint density at radius 3 is 2.68 bits per heavy atom. The monoisotopic (exact) mass is 282 g/mol. The first-order valence-electron chi connectivity index (χ1n) is 6.73. The van der Waals surface area contributed by atoms with Crippen LogP contribution in [0.4, 0.5) is 5.69 Å². The highest BCUT2D eigenvalue weighted by Crippen LogP contribution is 2.29. The molecule has 1 aromatic rings. The van der Waals surface area contributed by atoms with E-state index in [2.05, 4.69) is 23.9 Å². The van der Waals surface area contributed by atoms with Gasteiger partial charge in [0, 0.05) is 6.54 Å². The molecule has 1 atom stereocenters. The summed E-state index contributed by atoms with van der Waals surface area (Å²) in [7, 11) is -3.30. The Bertz CT molecular complexity index is 547. The lowest BCUT2D eigenvalue weighted by molar-refractivity contribution is 0.588. The molecular formula is C14H22N2O2S. The van der Waals surface area contributed by atoms with Gasteiger partial charge in [0.05, 0.1) is 10.9 Å². The molecule has 1 aliphatic rings. The normalized spacial score (nSPS) is 19.9. The number of aryl methyl sites for hydroxylation is 1. The van der Waals surface area contributed by atoms with Crippen molar-refractivity contribution in [3.63, 3.8) is 0 Å². The second kappa shape index (κ2) is 5.51. The lowest BCUT2D eigenvalue weighted by Crippen LogP contribution is -2.30. The summed E-state index contributed by atoms with van der Waals surface area (Å²) in [5.74, 6) is 0.291. The van der Waals surface area contributed by atoms with Crippen molar-refractivity contribution in [1.29, 1.82) is 0 Å². The summed E-state index contributed by atoms with van der Waals surface area (Å²) in [5.41, 5.74) is 2.78. The second-order valence-electron chi connectivity index (χ2n) is 5.46. The molecule has 1 aliphatic heterocycles. The summed E-state index contributed by atoms with van der Waals surface area (Å²) in [6, 6.07) is 5.90. The van der Waals surface area contributed by atoms with Crippen LogP contribution in [-0.4, -0.2) is 26.8 Å². The molecule has 0 radical (unpaired) electrons. The van der Waals surface area contributed by atoms with Crippen LogP contribution in [0.3, 0.4) is 0 Å². The van der Waals surface area contributed by atoms with Gasteiger partial charge in [0.2, 0.25) is 10.0 Å². The summed E-state index contributed by atoms with van der Waals surface area (Å²) >= 11 is 0. The molecule has 106 valence electrons. The quantitative estimate of drug-likeness (QED) is 0.890. The highest BCUT2D eigenvalue weighted by Gasteiger charge is 2.29. The minimum atomic E-state index is -3.30. The number of nitrogens with one attached hydrogen (secondary N) is 2. The number of benzene rings is 1. The van der Waals surface area contributed by atoms with Crippen molar-refractivity contribution in [2.24, 2.45) is 0 Å². The van der Waals surface area contributed by atoms with E-state index in [-0.39, 0.29) is 5.25 Å². The molecule has 0 saturated carbocycles. The van der Waals surface area contributed by atoms with Crippen LogP contribution >= 0.6 is 0 Å². The van der Waals surface area contributed by atoms with Crippen LogP contribution in [0.25, 0.3) is 0 Å². The molecule has 1 saturated heterocycles. The molecule has 1 heterocycles. The molecule has 5 heteroatoms. The van der Waals surface area contributed by atoms with Gasteiger partial charge in [0.25, 0.3) is 0 Å². The van der Waals surface area contributed by atoms with E-state index < -0.39 is 10.0 Å². The largest absolute Gasteiger partial charge is 0.315 e. The summed E-state index contributed by atoms with van der Waals surface area (Å²) in [6.07, 6.45) is 0.679. The molecule has 1 fully saturated rings. The average Bonchev–Trinajstić information content (AvgIpc) is 2.85. The molecule has 1 unspecified atom stereocenters. The first-order valence-corrected chi connectivity index (χ1v) is 8.28. The second-order valence-corrected chi connectivity index (χ2v) is 7.42. The van der Waals surface area contributed by atoms with Gasteiger partial charge in [-0.25, -0.2) is 8.42 Å². The number of para-hydroxylation sites is 1. The van der Waals surface area contributed by atoms with Crippen molar-refractivity contribution in [2.75, 3.05) is 17.8 Å². The Kier molecular flexibility index (Phi) is 4.16. The van der Waals surface area contributed by atoms with Gasteiger partial charge in [-0.2, -0.15) is 0 Å². The topological polar surface area (TPSA) is 58.2 Å². The Balaban J connectivity index is 2.32. The van der Waals surface area contributed by atoms with Gasteiger partial charge in [-0.3, -0.25) is 4.72 Å². The lowest BCUT2D eigenvalue weighted by Gasteiger charge is -2.19. The van der Waals surface area contributed by atoms with Crippen LogP contribution in [0, 0.1) is 6.92 Å². The van der Waals surface area contributed by atoms with Crippen molar-refractivity contribution >= 4 is 15.7 Å². The Morgan fingerprint density at radius 1 is 1.37 bits per heavy atom.